The summed E-state index contributed by atoms with van der Waals surface area (Å²) in [7, 11) is 1.60. The predicted octanol–water partition coefficient (Wildman–Crippen LogP) is 3.98. The summed E-state index contributed by atoms with van der Waals surface area (Å²) in [5, 5.41) is 5.47. The zero-order chi connectivity index (χ0) is 19.8. The van der Waals surface area contributed by atoms with Crippen molar-refractivity contribution in [3.8, 4) is 5.75 Å². The number of benzene rings is 2. The van der Waals surface area contributed by atoms with Crippen molar-refractivity contribution in [2.24, 2.45) is 0 Å². The molecule has 0 aromatic heterocycles. The van der Waals surface area contributed by atoms with Gasteiger partial charge in [0.15, 0.2) is 0 Å². The Labute approximate surface area is 160 Å². The van der Waals surface area contributed by atoms with E-state index in [0.717, 1.165) is 11.3 Å². The monoisotopic (exact) mass is 366 g/mol. The number of carbonyl (C=O) groups is 2. The minimum Gasteiger partial charge on any atom is -0.497 e. The molecule has 142 valence electrons. The first-order valence-corrected chi connectivity index (χ1v) is 8.92. The van der Waals surface area contributed by atoms with Crippen molar-refractivity contribution < 1.29 is 14.3 Å². The normalized spacial score (nSPS) is 12.0. The van der Waals surface area contributed by atoms with Crippen LogP contribution in [0.15, 0.2) is 54.6 Å². The maximum absolute atomic E-state index is 12.2. The Kier molecular flexibility index (Phi) is 7.17. The highest BCUT2D eigenvalue weighted by Crippen LogP contribution is 2.17. The zero-order valence-corrected chi connectivity index (χ0v) is 16.2. The lowest BCUT2D eigenvalue weighted by molar-refractivity contribution is -0.123. The summed E-state index contributed by atoms with van der Waals surface area (Å²) in [4.78, 5) is 24.3. The van der Waals surface area contributed by atoms with Crippen molar-refractivity contribution in [1.29, 1.82) is 0 Å². The fourth-order valence-electron chi connectivity index (χ4n) is 2.42. The van der Waals surface area contributed by atoms with Crippen molar-refractivity contribution in [3.05, 3.63) is 65.7 Å². The Hall–Kier alpha value is -3.08. The van der Waals surface area contributed by atoms with Crippen molar-refractivity contribution in [2.45, 2.75) is 32.7 Å². The molecule has 1 unspecified atom stereocenters. The number of hydrogen-bond donors (Lipinski definition) is 2. The van der Waals surface area contributed by atoms with Crippen molar-refractivity contribution in [2.75, 3.05) is 12.4 Å². The molecule has 0 spiro atoms. The number of ether oxygens (including phenoxy) is 1. The molecular weight excluding hydrogens is 340 g/mol. The van der Waals surface area contributed by atoms with E-state index < -0.39 is 6.04 Å². The van der Waals surface area contributed by atoms with E-state index in [4.69, 9.17) is 4.74 Å². The van der Waals surface area contributed by atoms with Gasteiger partial charge in [0.25, 0.3) is 0 Å². The number of amides is 2. The van der Waals surface area contributed by atoms with Crippen LogP contribution in [0.25, 0.3) is 6.08 Å². The molecule has 2 aromatic carbocycles. The largest absolute Gasteiger partial charge is 0.497 e. The summed E-state index contributed by atoms with van der Waals surface area (Å²) in [6, 6.07) is 14.4. The van der Waals surface area contributed by atoms with E-state index in [0.29, 0.717) is 11.6 Å². The van der Waals surface area contributed by atoms with Crippen LogP contribution in [0.1, 0.15) is 37.8 Å². The number of carbonyl (C=O) groups excluding carboxylic acids is 2. The van der Waals surface area contributed by atoms with E-state index in [1.807, 2.05) is 48.5 Å². The van der Waals surface area contributed by atoms with E-state index in [-0.39, 0.29) is 11.8 Å². The molecule has 2 rings (SSSR count). The predicted molar refractivity (Wildman–Crippen MR) is 109 cm³/mol. The molecule has 0 bridgehead atoms. The Bertz CT molecular complexity index is 793. The van der Waals surface area contributed by atoms with Crippen molar-refractivity contribution in [3.63, 3.8) is 0 Å². The van der Waals surface area contributed by atoms with Crippen LogP contribution in [-0.4, -0.2) is 25.0 Å². The second-order valence-electron chi connectivity index (χ2n) is 6.60. The van der Waals surface area contributed by atoms with Gasteiger partial charge in [-0.15, -0.1) is 0 Å². The number of rotatable bonds is 7. The Morgan fingerprint density at radius 2 is 1.59 bits per heavy atom. The van der Waals surface area contributed by atoms with Crippen LogP contribution in [0, 0.1) is 0 Å². The Balaban J connectivity index is 1.86. The van der Waals surface area contributed by atoms with Gasteiger partial charge in [0.1, 0.15) is 11.8 Å². The first-order chi connectivity index (χ1) is 12.9. The summed E-state index contributed by atoms with van der Waals surface area (Å²) in [5.41, 5.74) is 2.78. The lowest BCUT2D eigenvalue weighted by atomic mass is 10.0. The number of hydrogen-bond acceptors (Lipinski definition) is 3. The standard InChI is InChI=1S/C22H26N2O3/c1-15(2)18-8-10-19(11-9-18)24-22(26)16(3)23-21(25)14-7-17-5-12-20(27-4)13-6-17/h5-16H,1-4H3,(H,23,25)(H,24,26)/b14-7+. The van der Waals surface area contributed by atoms with Gasteiger partial charge in [0.05, 0.1) is 7.11 Å². The summed E-state index contributed by atoms with van der Waals surface area (Å²) in [6.07, 6.45) is 3.09. The summed E-state index contributed by atoms with van der Waals surface area (Å²) in [6.45, 7) is 5.88. The first-order valence-electron chi connectivity index (χ1n) is 8.92. The molecule has 0 heterocycles. The zero-order valence-electron chi connectivity index (χ0n) is 16.2. The van der Waals surface area contributed by atoms with Crippen LogP contribution in [-0.2, 0) is 9.59 Å². The average Bonchev–Trinajstić information content (AvgIpc) is 2.67. The van der Waals surface area contributed by atoms with Crippen molar-refractivity contribution >= 4 is 23.6 Å². The minimum atomic E-state index is -0.650. The first kappa shape index (κ1) is 20.2. The van der Waals surface area contributed by atoms with Gasteiger partial charge in [-0.3, -0.25) is 9.59 Å². The molecule has 0 radical (unpaired) electrons. The summed E-state index contributed by atoms with van der Waals surface area (Å²) in [5.74, 6) is 0.593. The van der Waals surface area contributed by atoms with E-state index in [1.165, 1.54) is 11.6 Å². The fourth-order valence-corrected chi connectivity index (χ4v) is 2.42. The minimum absolute atomic E-state index is 0.265. The number of anilines is 1. The molecule has 1 atom stereocenters. The van der Waals surface area contributed by atoms with Crippen LogP contribution in [0.5, 0.6) is 5.75 Å². The van der Waals surface area contributed by atoms with Gasteiger partial charge in [-0.05, 0) is 54.3 Å². The maximum atomic E-state index is 12.2. The van der Waals surface area contributed by atoms with Gasteiger partial charge in [0.2, 0.25) is 11.8 Å². The second-order valence-corrected chi connectivity index (χ2v) is 6.60. The molecule has 5 nitrogen and oxygen atoms in total. The summed E-state index contributed by atoms with van der Waals surface area (Å²) >= 11 is 0. The lowest BCUT2D eigenvalue weighted by Crippen LogP contribution is -2.40. The fraction of sp³-hybridized carbons (Fsp3) is 0.273. The molecule has 5 heteroatoms. The number of methoxy groups -OCH3 is 1. The van der Waals surface area contributed by atoms with Crippen LogP contribution in [0.2, 0.25) is 0 Å². The SMILES string of the molecule is COc1ccc(/C=C/C(=O)NC(C)C(=O)Nc2ccc(C(C)C)cc2)cc1. The molecule has 0 aliphatic heterocycles. The molecule has 2 N–H and O–H groups in total. The van der Waals surface area contributed by atoms with E-state index in [2.05, 4.69) is 24.5 Å². The van der Waals surface area contributed by atoms with Gasteiger partial charge < -0.3 is 15.4 Å². The van der Waals surface area contributed by atoms with E-state index >= 15 is 0 Å². The van der Waals surface area contributed by atoms with Gasteiger partial charge in [-0.1, -0.05) is 38.1 Å². The van der Waals surface area contributed by atoms with Crippen LogP contribution in [0.3, 0.4) is 0 Å². The highest BCUT2D eigenvalue weighted by Gasteiger charge is 2.14. The smallest absolute Gasteiger partial charge is 0.246 e. The van der Waals surface area contributed by atoms with Crippen LogP contribution < -0.4 is 15.4 Å². The topological polar surface area (TPSA) is 67.4 Å². The summed E-state index contributed by atoms with van der Waals surface area (Å²) < 4.78 is 5.09. The van der Waals surface area contributed by atoms with Gasteiger partial charge in [-0.2, -0.15) is 0 Å². The van der Waals surface area contributed by atoms with Gasteiger partial charge >= 0.3 is 0 Å². The third-order valence-electron chi connectivity index (χ3n) is 4.14. The molecule has 0 aliphatic rings. The second kappa shape index (κ2) is 9.57. The Morgan fingerprint density at radius 3 is 2.15 bits per heavy atom. The third kappa shape index (κ3) is 6.29. The van der Waals surface area contributed by atoms with Crippen LogP contribution >= 0.6 is 0 Å². The van der Waals surface area contributed by atoms with Crippen LogP contribution in [0.4, 0.5) is 5.69 Å². The van der Waals surface area contributed by atoms with E-state index in [9.17, 15) is 9.59 Å². The highest BCUT2D eigenvalue weighted by atomic mass is 16.5. The molecule has 0 aliphatic carbocycles. The third-order valence-corrected chi connectivity index (χ3v) is 4.14. The molecule has 0 saturated carbocycles. The van der Waals surface area contributed by atoms with E-state index in [1.54, 1.807) is 20.1 Å². The molecule has 0 saturated heterocycles. The van der Waals surface area contributed by atoms with Crippen molar-refractivity contribution in [1.82, 2.24) is 5.32 Å². The molecule has 2 amide bonds. The quantitative estimate of drug-likeness (QED) is 0.729. The van der Waals surface area contributed by atoms with Gasteiger partial charge in [-0.25, -0.2) is 0 Å². The Morgan fingerprint density at radius 1 is 0.963 bits per heavy atom. The average molecular weight is 366 g/mol. The highest BCUT2D eigenvalue weighted by molar-refractivity contribution is 5.99. The lowest BCUT2D eigenvalue weighted by Gasteiger charge is -2.13. The molecule has 27 heavy (non-hydrogen) atoms. The number of nitrogens with one attached hydrogen (secondary N) is 2. The molecule has 0 fully saturated rings. The van der Waals surface area contributed by atoms with Gasteiger partial charge in [0, 0.05) is 11.8 Å². The molecular formula is C22H26N2O3. The maximum Gasteiger partial charge on any atom is 0.246 e. The molecule has 2 aromatic rings.